The largest absolute Gasteiger partial charge is 0.504 e. The molecule has 0 amide bonds. The van der Waals surface area contributed by atoms with E-state index in [1.54, 1.807) is 18.2 Å². The molecule has 1 atom stereocenters. The third-order valence-corrected chi connectivity index (χ3v) is 4.89. The Morgan fingerprint density at radius 2 is 1.83 bits per heavy atom. The van der Waals surface area contributed by atoms with E-state index >= 15 is 0 Å². The van der Waals surface area contributed by atoms with Gasteiger partial charge >= 0.3 is 5.97 Å². The second-order valence-electron chi connectivity index (χ2n) is 8.16. The molecule has 0 radical (unpaired) electrons. The Balaban J connectivity index is 2.28. The lowest BCUT2D eigenvalue weighted by Crippen LogP contribution is -2.47. The Kier molecular flexibility index (Phi) is 8.06. The average Bonchev–Trinajstić information content (AvgIpc) is 2.70. The smallest absolute Gasteiger partial charge is 0.311 e. The second kappa shape index (κ2) is 10.3. The summed E-state index contributed by atoms with van der Waals surface area (Å²) in [7, 11) is 1.49. The van der Waals surface area contributed by atoms with Crippen molar-refractivity contribution in [1.82, 2.24) is 4.90 Å². The number of nitrogens with zero attached hydrogens (tertiary/aromatic N) is 1. The molecule has 0 aromatic heterocycles. The number of hydrogen-bond donors (Lipinski definition) is 2. The molecular weight excluding hydrogens is 400 g/mol. The summed E-state index contributed by atoms with van der Waals surface area (Å²) in [5.74, 6) is 0.145. The highest BCUT2D eigenvalue weighted by atomic mass is 32.1. The molecule has 162 valence electrons. The molecule has 0 aliphatic rings. The van der Waals surface area contributed by atoms with Gasteiger partial charge in [-0.3, -0.25) is 4.79 Å². The van der Waals surface area contributed by atoms with Crippen LogP contribution >= 0.6 is 12.2 Å². The maximum atomic E-state index is 12.3. The van der Waals surface area contributed by atoms with Crippen LogP contribution < -0.4 is 10.5 Å². The minimum Gasteiger partial charge on any atom is -0.504 e. The van der Waals surface area contributed by atoms with Gasteiger partial charge in [0.05, 0.1) is 18.6 Å². The number of ether oxygens (including phenoxy) is 2. The van der Waals surface area contributed by atoms with Gasteiger partial charge in [0.15, 0.2) is 16.6 Å². The SMILES string of the molecule is COc1cc(CN(C(N)=S)[C@@H](COC(=O)C(C)(C)C)Cc2ccccc2)ccc1O. The normalized spacial score (nSPS) is 12.1. The Labute approximate surface area is 183 Å². The lowest BCUT2D eigenvalue weighted by Gasteiger charge is -2.33. The fraction of sp³-hybridized carbons (Fsp3) is 0.391. The Bertz CT molecular complexity index is 865. The first-order valence-corrected chi connectivity index (χ1v) is 10.2. The highest BCUT2D eigenvalue weighted by Gasteiger charge is 2.27. The van der Waals surface area contributed by atoms with E-state index < -0.39 is 5.41 Å². The minimum absolute atomic E-state index is 0.0584. The molecule has 7 heteroatoms. The fourth-order valence-corrected chi connectivity index (χ4v) is 3.15. The predicted molar refractivity (Wildman–Crippen MR) is 121 cm³/mol. The van der Waals surface area contributed by atoms with Gasteiger partial charge in [-0.1, -0.05) is 36.4 Å². The van der Waals surface area contributed by atoms with Crippen LogP contribution in [0.25, 0.3) is 0 Å². The first-order valence-electron chi connectivity index (χ1n) is 9.75. The van der Waals surface area contributed by atoms with Crippen LogP contribution in [0.5, 0.6) is 11.5 Å². The van der Waals surface area contributed by atoms with Gasteiger partial charge in [0.1, 0.15) is 6.61 Å². The zero-order valence-electron chi connectivity index (χ0n) is 17.9. The molecule has 0 aliphatic carbocycles. The van der Waals surface area contributed by atoms with Crippen molar-refractivity contribution in [3.05, 3.63) is 59.7 Å². The monoisotopic (exact) mass is 430 g/mol. The molecule has 0 saturated carbocycles. The summed E-state index contributed by atoms with van der Waals surface area (Å²) in [5.41, 5.74) is 7.41. The van der Waals surface area contributed by atoms with Gasteiger partial charge in [-0.15, -0.1) is 0 Å². The van der Waals surface area contributed by atoms with Crippen molar-refractivity contribution >= 4 is 23.3 Å². The number of benzene rings is 2. The topological polar surface area (TPSA) is 85.0 Å². The number of carbonyl (C=O) groups excluding carboxylic acids is 1. The molecule has 0 bridgehead atoms. The summed E-state index contributed by atoms with van der Waals surface area (Å²) in [5, 5.41) is 10.1. The van der Waals surface area contributed by atoms with E-state index in [1.165, 1.54) is 7.11 Å². The number of phenols is 1. The number of hydrogen-bond acceptors (Lipinski definition) is 5. The van der Waals surface area contributed by atoms with Crippen LogP contribution in [0.3, 0.4) is 0 Å². The second-order valence-corrected chi connectivity index (χ2v) is 8.58. The van der Waals surface area contributed by atoms with Crippen LogP contribution in [0, 0.1) is 5.41 Å². The highest BCUT2D eigenvalue weighted by Crippen LogP contribution is 2.27. The molecule has 3 N–H and O–H groups in total. The number of rotatable bonds is 8. The fourth-order valence-electron chi connectivity index (χ4n) is 2.94. The van der Waals surface area contributed by atoms with Crippen molar-refractivity contribution in [1.29, 1.82) is 0 Å². The third kappa shape index (κ3) is 6.62. The summed E-state index contributed by atoms with van der Waals surface area (Å²) in [6.45, 7) is 5.98. The first kappa shape index (κ1) is 23.5. The molecule has 0 unspecified atom stereocenters. The Morgan fingerprint density at radius 1 is 1.17 bits per heavy atom. The van der Waals surface area contributed by atoms with Crippen LogP contribution in [0.15, 0.2) is 48.5 Å². The molecule has 0 heterocycles. The number of phenolic OH excluding ortho intramolecular Hbond substituents is 1. The third-order valence-electron chi connectivity index (χ3n) is 4.65. The number of methoxy groups -OCH3 is 1. The number of esters is 1. The van der Waals surface area contributed by atoms with Crippen molar-refractivity contribution in [3.8, 4) is 11.5 Å². The summed E-state index contributed by atoms with van der Waals surface area (Å²) in [4.78, 5) is 14.2. The minimum atomic E-state index is -0.602. The van der Waals surface area contributed by atoms with Gasteiger partial charge in [0.25, 0.3) is 0 Å². The first-order chi connectivity index (χ1) is 14.1. The quantitative estimate of drug-likeness (QED) is 0.488. The lowest BCUT2D eigenvalue weighted by atomic mass is 9.97. The molecule has 0 saturated heterocycles. The zero-order valence-corrected chi connectivity index (χ0v) is 18.7. The summed E-state index contributed by atoms with van der Waals surface area (Å²) >= 11 is 5.33. The van der Waals surface area contributed by atoms with E-state index in [0.717, 1.165) is 11.1 Å². The molecule has 0 spiro atoms. The summed E-state index contributed by atoms with van der Waals surface area (Å²) in [6.07, 6.45) is 0.602. The Hall–Kier alpha value is -2.80. The summed E-state index contributed by atoms with van der Waals surface area (Å²) in [6, 6.07) is 14.7. The van der Waals surface area contributed by atoms with Crippen molar-refractivity contribution < 1.29 is 19.4 Å². The molecule has 6 nitrogen and oxygen atoms in total. The maximum Gasteiger partial charge on any atom is 0.311 e. The summed E-state index contributed by atoms with van der Waals surface area (Å²) < 4.78 is 10.8. The van der Waals surface area contributed by atoms with Gasteiger partial charge in [-0.25, -0.2) is 0 Å². The van der Waals surface area contributed by atoms with Gasteiger partial charge in [-0.2, -0.15) is 0 Å². The van der Waals surface area contributed by atoms with E-state index in [-0.39, 0.29) is 29.5 Å². The molecule has 2 rings (SSSR count). The average molecular weight is 431 g/mol. The van der Waals surface area contributed by atoms with Gasteiger partial charge in [0, 0.05) is 6.54 Å². The van der Waals surface area contributed by atoms with Gasteiger partial charge in [-0.05, 0) is 62.7 Å². The number of carbonyl (C=O) groups is 1. The number of thiocarbonyl (C=S) groups is 1. The van der Waals surface area contributed by atoms with Gasteiger partial charge in [0.2, 0.25) is 0 Å². The predicted octanol–water partition coefficient (Wildman–Crippen LogP) is 3.65. The molecular formula is C23H30N2O4S. The molecule has 0 aliphatic heterocycles. The van der Waals surface area contributed by atoms with Crippen LogP contribution in [0.2, 0.25) is 0 Å². The molecule has 2 aromatic carbocycles. The van der Waals surface area contributed by atoms with Crippen LogP contribution in [-0.2, 0) is 22.5 Å². The van der Waals surface area contributed by atoms with Crippen molar-refractivity contribution in [2.45, 2.75) is 39.8 Å². The standard InChI is InChI=1S/C23H30N2O4S/c1-23(2,3)21(27)29-15-18(12-16-8-6-5-7-9-16)25(22(24)30)14-17-10-11-19(26)20(13-17)28-4/h5-11,13,18,26H,12,14-15H2,1-4H3,(H2,24,30)/t18-/m1/s1. The molecule has 30 heavy (non-hydrogen) atoms. The van der Waals surface area contributed by atoms with E-state index in [2.05, 4.69) is 0 Å². The number of nitrogens with two attached hydrogens (primary N) is 1. The number of aromatic hydroxyl groups is 1. The zero-order chi connectivity index (χ0) is 22.3. The van der Waals surface area contributed by atoms with Crippen molar-refractivity contribution in [2.75, 3.05) is 13.7 Å². The molecule has 0 fully saturated rings. The van der Waals surface area contributed by atoms with E-state index in [9.17, 15) is 9.90 Å². The highest BCUT2D eigenvalue weighted by molar-refractivity contribution is 7.80. The van der Waals surface area contributed by atoms with E-state index in [4.69, 9.17) is 27.4 Å². The lowest BCUT2D eigenvalue weighted by molar-refractivity contribution is -0.154. The molecule has 2 aromatic rings. The van der Waals surface area contributed by atoms with E-state index in [0.29, 0.717) is 18.7 Å². The van der Waals surface area contributed by atoms with E-state index in [1.807, 2.05) is 56.0 Å². The van der Waals surface area contributed by atoms with Crippen LogP contribution in [-0.4, -0.2) is 40.8 Å². The maximum absolute atomic E-state index is 12.3. The van der Waals surface area contributed by atoms with Crippen LogP contribution in [0.4, 0.5) is 0 Å². The van der Waals surface area contributed by atoms with Crippen LogP contribution in [0.1, 0.15) is 31.9 Å². The van der Waals surface area contributed by atoms with Crippen molar-refractivity contribution in [2.24, 2.45) is 11.1 Å². The van der Waals surface area contributed by atoms with Crippen molar-refractivity contribution in [3.63, 3.8) is 0 Å². The van der Waals surface area contributed by atoms with Gasteiger partial charge < -0.3 is 25.2 Å². The Morgan fingerprint density at radius 3 is 2.40 bits per heavy atom.